The van der Waals surface area contributed by atoms with E-state index in [0.717, 1.165) is 17.4 Å². The van der Waals surface area contributed by atoms with Crippen molar-refractivity contribution in [3.63, 3.8) is 0 Å². The van der Waals surface area contributed by atoms with Crippen LogP contribution in [0.5, 0.6) is 0 Å². The van der Waals surface area contributed by atoms with Crippen molar-refractivity contribution in [1.29, 1.82) is 0 Å². The van der Waals surface area contributed by atoms with E-state index in [0.29, 0.717) is 12.5 Å². The number of aromatic nitrogens is 2. The van der Waals surface area contributed by atoms with Gasteiger partial charge < -0.3 is 0 Å². The minimum atomic E-state index is -0.504. The van der Waals surface area contributed by atoms with E-state index in [1.54, 1.807) is 0 Å². The molecule has 18 heavy (non-hydrogen) atoms. The van der Waals surface area contributed by atoms with Crippen LogP contribution in [0.1, 0.15) is 43.0 Å². The maximum absolute atomic E-state index is 12.0. The summed E-state index contributed by atoms with van der Waals surface area (Å²) >= 11 is 0. The van der Waals surface area contributed by atoms with E-state index < -0.39 is 5.56 Å². The Morgan fingerprint density at radius 2 is 1.94 bits per heavy atom. The van der Waals surface area contributed by atoms with E-state index >= 15 is 0 Å². The first-order valence-corrected chi connectivity index (χ1v) is 6.32. The molecule has 1 aliphatic rings. The number of carbonyl (C=O) groups is 1. The molecular weight excluding hydrogens is 232 g/mol. The van der Waals surface area contributed by atoms with E-state index in [-0.39, 0.29) is 17.0 Å². The predicted octanol–water partition coefficient (Wildman–Crippen LogP) is 0.940. The van der Waals surface area contributed by atoms with Gasteiger partial charge >= 0.3 is 5.69 Å². The molecule has 1 aromatic heterocycles. The Bertz CT molecular complexity index is 577. The van der Waals surface area contributed by atoms with E-state index in [4.69, 9.17) is 0 Å². The molecule has 0 radical (unpaired) electrons. The van der Waals surface area contributed by atoms with Crippen LogP contribution in [0.15, 0.2) is 15.8 Å². The lowest BCUT2D eigenvalue weighted by Gasteiger charge is -2.13. The van der Waals surface area contributed by atoms with Crippen molar-refractivity contribution in [2.24, 2.45) is 13.0 Å². The molecule has 2 rings (SSSR count). The molecule has 0 unspecified atom stereocenters. The number of nitrogens with zero attached hydrogens (tertiary/aromatic N) is 2. The third kappa shape index (κ3) is 2.30. The topological polar surface area (TPSA) is 61.1 Å². The molecule has 5 nitrogen and oxygen atoms in total. The molecule has 0 spiro atoms. The molecule has 0 amide bonds. The Morgan fingerprint density at radius 3 is 2.50 bits per heavy atom. The van der Waals surface area contributed by atoms with E-state index in [2.05, 4.69) is 0 Å². The summed E-state index contributed by atoms with van der Waals surface area (Å²) in [6.07, 6.45) is 6.05. The lowest BCUT2D eigenvalue weighted by atomic mass is 10.1. The van der Waals surface area contributed by atoms with Crippen LogP contribution in [-0.4, -0.2) is 14.9 Å². The minimum absolute atomic E-state index is 0.0927. The highest BCUT2D eigenvalue weighted by atomic mass is 16.2. The third-order valence-corrected chi connectivity index (χ3v) is 3.66. The minimum Gasteiger partial charge on any atom is -0.299 e. The molecule has 1 heterocycles. The van der Waals surface area contributed by atoms with Gasteiger partial charge in [-0.25, -0.2) is 4.79 Å². The molecule has 1 aliphatic carbocycles. The summed E-state index contributed by atoms with van der Waals surface area (Å²) in [5.74, 6) is 0.191. The number of hydrogen-bond acceptors (Lipinski definition) is 3. The fourth-order valence-electron chi connectivity index (χ4n) is 2.57. The number of ketones is 1. The molecule has 0 aromatic carbocycles. The summed E-state index contributed by atoms with van der Waals surface area (Å²) in [5, 5.41) is 0. The molecule has 0 N–H and O–H groups in total. The van der Waals surface area contributed by atoms with Crippen LogP contribution in [0.25, 0.3) is 0 Å². The van der Waals surface area contributed by atoms with Crippen LogP contribution in [0.2, 0.25) is 0 Å². The van der Waals surface area contributed by atoms with Crippen LogP contribution in [0, 0.1) is 5.92 Å². The highest BCUT2D eigenvalue weighted by molar-refractivity contribution is 5.93. The van der Waals surface area contributed by atoms with Gasteiger partial charge in [-0.05, 0) is 25.7 Å². The molecule has 1 saturated carbocycles. The standard InChI is InChI=1S/C13H18N2O3/c1-9(16)11-8-15(7-10-5-3-4-6-10)13(18)14(2)12(11)17/h8,10H,3-7H2,1-2H3. The van der Waals surface area contributed by atoms with Gasteiger partial charge in [0.25, 0.3) is 5.56 Å². The second-order valence-corrected chi connectivity index (χ2v) is 5.05. The van der Waals surface area contributed by atoms with Crippen LogP contribution in [0.3, 0.4) is 0 Å². The maximum Gasteiger partial charge on any atom is 0.330 e. The van der Waals surface area contributed by atoms with Crippen LogP contribution >= 0.6 is 0 Å². The monoisotopic (exact) mass is 250 g/mol. The Labute approximate surface area is 105 Å². The van der Waals surface area contributed by atoms with Gasteiger partial charge in [-0.15, -0.1) is 0 Å². The van der Waals surface area contributed by atoms with Gasteiger partial charge in [-0.3, -0.25) is 18.7 Å². The SMILES string of the molecule is CC(=O)c1cn(CC2CCCC2)c(=O)n(C)c1=O. The van der Waals surface area contributed by atoms with Gasteiger partial charge in [-0.2, -0.15) is 0 Å². The van der Waals surface area contributed by atoms with Crippen molar-refractivity contribution in [1.82, 2.24) is 9.13 Å². The quantitative estimate of drug-likeness (QED) is 0.750. The molecule has 0 atom stereocenters. The first-order valence-electron chi connectivity index (χ1n) is 6.32. The molecule has 0 bridgehead atoms. The summed E-state index contributed by atoms with van der Waals surface area (Å²) in [6, 6.07) is 0. The third-order valence-electron chi connectivity index (χ3n) is 3.66. The fourth-order valence-corrected chi connectivity index (χ4v) is 2.57. The highest BCUT2D eigenvalue weighted by Gasteiger charge is 2.18. The molecule has 5 heteroatoms. The van der Waals surface area contributed by atoms with E-state index in [9.17, 15) is 14.4 Å². The van der Waals surface area contributed by atoms with Gasteiger partial charge in [0.15, 0.2) is 5.78 Å². The van der Waals surface area contributed by atoms with Crippen molar-refractivity contribution < 1.29 is 4.79 Å². The van der Waals surface area contributed by atoms with Crippen molar-refractivity contribution in [3.8, 4) is 0 Å². The lowest BCUT2D eigenvalue weighted by Crippen LogP contribution is -2.41. The zero-order chi connectivity index (χ0) is 13.3. The predicted molar refractivity (Wildman–Crippen MR) is 67.9 cm³/mol. The average molecular weight is 250 g/mol. The second kappa shape index (κ2) is 4.92. The first-order chi connectivity index (χ1) is 8.50. The number of rotatable bonds is 3. The Balaban J connectivity index is 2.43. The van der Waals surface area contributed by atoms with Crippen molar-refractivity contribution in [3.05, 3.63) is 32.6 Å². The lowest BCUT2D eigenvalue weighted by molar-refractivity contribution is 0.101. The highest BCUT2D eigenvalue weighted by Crippen LogP contribution is 2.25. The van der Waals surface area contributed by atoms with Crippen LogP contribution < -0.4 is 11.2 Å². The molecule has 1 aromatic rings. The van der Waals surface area contributed by atoms with Gasteiger partial charge in [0.2, 0.25) is 0 Å². The smallest absolute Gasteiger partial charge is 0.299 e. The summed E-state index contributed by atoms with van der Waals surface area (Å²) in [4.78, 5) is 35.1. The number of hydrogen-bond donors (Lipinski definition) is 0. The summed E-state index contributed by atoms with van der Waals surface area (Å²) in [7, 11) is 1.42. The Kier molecular flexibility index (Phi) is 3.50. The average Bonchev–Trinajstić information content (AvgIpc) is 2.82. The Hall–Kier alpha value is -1.65. The van der Waals surface area contributed by atoms with Crippen molar-refractivity contribution >= 4 is 5.78 Å². The van der Waals surface area contributed by atoms with Gasteiger partial charge in [-0.1, -0.05) is 12.8 Å². The van der Waals surface area contributed by atoms with Crippen LogP contribution in [0.4, 0.5) is 0 Å². The van der Waals surface area contributed by atoms with Crippen molar-refractivity contribution in [2.75, 3.05) is 0 Å². The van der Waals surface area contributed by atoms with E-state index in [1.807, 2.05) is 0 Å². The number of carbonyl (C=O) groups excluding carboxylic acids is 1. The molecule has 1 fully saturated rings. The molecular formula is C13H18N2O3. The van der Waals surface area contributed by atoms with E-state index in [1.165, 1.54) is 37.6 Å². The summed E-state index contributed by atoms with van der Waals surface area (Å²) in [5.41, 5.74) is -0.748. The molecule has 0 aliphatic heterocycles. The Morgan fingerprint density at radius 1 is 1.33 bits per heavy atom. The normalized spacial score (nSPS) is 16.1. The zero-order valence-electron chi connectivity index (χ0n) is 10.8. The zero-order valence-corrected chi connectivity index (χ0v) is 10.8. The number of Topliss-reactive ketones (excluding diaryl/α,β-unsaturated/α-hetero) is 1. The van der Waals surface area contributed by atoms with Crippen molar-refractivity contribution in [2.45, 2.75) is 39.2 Å². The second-order valence-electron chi connectivity index (χ2n) is 5.05. The molecule has 0 saturated heterocycles. The maximum atomic E-state index is 12.0. The summed E-state index contributed by atoms with van der Waals surface area (Å²) < 4.78 is 2.53. The van der Waals surface area contributed by atoms with Crippen LogP contribution in [-0.2, 0) is 13.6 Å². The van der Waals surface area contributed by atoms with Gasteiger partial charge in [0, 0.05) is 19.8 Å². The molecule has 98 valence electrons. The largest absolute Gasteiger partial charge is 0.330 e. The van der Waals surface area contributed by atoms with Gasteiger partial charge in [0.05, 0.1) is 5.56 Å². The first kappa shape index (κ1) is 12.8. The van der Waals surface area contributed by atoms with Gasteiger partial charge in [0.1, 0.15) is 0 Å². The summed E-state index contributed by atoms with van der Waals surface area (Å²) in [6.45, 7) is 1.95. The fraction of sp³-hybridized carbons (Fsp3) is 0.615.